The van der Waals surface area contributed by atoms with E-state index in [0.29, 0.717) is 5.56 Å². The van der Waals surface area contributed by atoms with E-state index in [4.69, 9.17) is 0 Å². The molecule has 1 aliphatic heterocycles. The van der Waals surface area contributed by atoms with Gasteiger partial charge in [-0.1, -0.05) is 6.07 Å². The number of benzene rings is 1. The van der Waals surface area contributed by atoms with Gasteiger partial charge in [0, 0.05) is 24.0 Å². The van der Waals surface area contributed by atoms with Crippen LogP contribution in [-0.4, -0.2) is 17.4 Å². The van der Waals surface area contributed by atoms with Crippen LogP contribution >= 0.6 is 24.8 Å². The Balaban J connectivity index is 0.00000121. The molecule has 2 N–H and O–H groups in total. The largest absolute Gasteiger partial charge is 0.384 e. The number of hydrogen-bond acceptors (Lipinski definition) is 3. The molecule has 1 aromatic carbocycles. The predicted octanol–water partition coefficient (Wildman–Crippen LogP) is 3.38. The first kappa shape index (κ1) is 18.3. The summed E-state index contributed by atoms with van der Waals surface area (Å²) in [7, 11) is 0. The minimum Gasteiger partial charge on any atom is -0.384 e. The molecule has 4 nitrogen and oxygen atoms in total. The van der Waals surface area contributed by atoms with Crippen molar-refractivity contribution in [2.45, 2.75) is 19.4 Å². The first-order chi connectivity index (χ1) is 9.74. The van der Waals surface area contributed by atoms with Crippen molar-refractivity contribution in [1.29, 1.82) is 0 Å². The van der Waals surface area contributed by atoms with Gasteiger partial charge in [0.1, 0.15) is 0 Å². The van der Waals surface area contributed by atoms with Crippen LogP contribution in [0.4, 0.5) is 5.69 Å². The van der Waals surface area contributed by atoms with Gasteiger partial charge in [0.15, 0.2) is 0 Å². The Morgan fingerprint density at radius 1 is 1.27 bits per heavy atom. The lowest BCUT2D eigenvalue weighted by Gasteiger charge is -2.13. The Morgan fingerprint density at radius 3 is 2.82 bits per heavy atom. The number of carbonyl (C=O) groups is 1. The maximum absolute atomic E-state index is 12.3. The van der Waals surface area contributed by atoms with Crippen molar-refractivity contribution in [2.75, 3.05) is 11.9 Å². The number of hydrogen-bond donors (Lipinski definition) is 2. The van der Waals surface area contributed by atoms with Crippen LogP contribution in [0.5, 0.6) is 0 Å². The lowest BCUT2D eigenvalue weighted by atomic mass is 10.1. The van der Waals surface area contributed by atoms with Crippen LogP contribution in [0, 0.1) is 0 Å². The number of pyridine rings is 1. The molecule has 0 bridgehead atoms. The molecule has 6 heteroatoms. The van der Waals surface area contributed by atoms with E-state index in [2.05, 4.69) is 15.6 Å². The first-order valence-corrected chi connectivity index (χ1v) is 6.82. The number of aromatic nitrogens is 1. The normalized spacial score (nSPS) is 13.0. The van der Waals surface area contributed by atoms with Crippen LogP contribution in [0.1, 0.15) is 34.6 Å². The van der Waals surface area contributed by atoms with Crippen LogP contribution in [0.2, 0.25) is 0 Å². The zero-order valence-corrected chi connectivity index (χ0v) is 13.8. The van der Waals surface area contributed by atoms with Crippen molar-refractivity contribution in [3.63, 3.8) is 0 Å². The lowest BCUT2D eigenvalue weighted by molar-refractivity contribution is 0.0939. The molecule has 0 saturated heterocycles. The summed E-state index contributed by atoms with van der Waals surface area (Å²) >= 11 is 0. The second kappa shape index (κ2) is 8.01. The number of rotatable bonds is 3. The Kier molecular flexibility index (Phi) is 6.65. The number of nitrogens with zero attached hydrogens (tertiary/aromatic N) is 1. The smallest absolute Gasteiger partial charge is 0.251 e. The number of halogens is 2. The quantitative estimate of drug-likeness (QED) is 0.901. The summed E-state index contributed by atoms with van der Waals surface area (Å²) in [5, 5.41) is 6.27. The van der Waals surface area contributed by atoms with Gasteiger partial charge in [0.25, 0.3) is 5.91 Å². The Hall–Kier alpha value is -1.78. The molecule has 1 aliphatic rings. The third-order valence-corrected chi connectivity index (χ3v) is 3.56. The van der Waals surface area contributed by atoms with Gasteiger partial charge in [0.2, 0.25) is 0 Å². The molecule has 0 fully saturated rings. The van der Waals surface area contributed by atoms with Gasteiger partial charge in [-0.25, -0.2) is 0 Å². The Labute approximate surface area is 142 Å². The van der Waals surface area contributed by atoms with E-state index < -0.39 is 0 Å². The number of carbonyl (C=O) groups excluding carboxylic acids is 1. The van der Waals surface area contributed by atoms with Gasteiger partial charge in [0.05, 0.1) is 11.7 Å². The molecule has 0 aliphatic carbocycles. The first-order valence-electron chi connectivity index (χ1n) is 6.82. The molecule has 0 radical (unpaired) electrons. The number of amides is 1. The minimum absolute atomic E-state index is 0. The summed E-state index contributed by atoms with van der Waals surface area (Å²) in [5.41, 5.74) is 3.92. The van der Waals surface area contributed by atoms with Gasteiger partial charge in [-0.15, -0.1) is 24.8 Å². The van der Waals surface area contributed by atoms with Crippen LogP contribution in [-0.2, 0) is 6.42 Å². The molecular weight excluding hydrogens is 321 g/mol. The molecular formula is C16H19Cl2N3O. The predicted molar refractivity (Wildman–Crippen MR) is 93.2 cm³/mol. The molecule has 2 aromatic rings. The summed E-state index contributed by atoms with van der Waals surface area (Å²) in [5.74, 6) is -0.0575. The third-order valence-electron chi connectivity index (χ3n) is 3.56. The fraction of sp³-hybridized carbons (Fsp3) is 0.250. The molecule has 1 atom stereocenters. The SMILES string of the molecule is CC(NC(=O)c1ccc2c(c1)CCN2)c1ccccn1.Cl.Cl. The number of fused-ring (bicyclic) bond motifs is 1. The second-order valence-electron chi connectivity index (χ2n) is 5.00. The van der Waals surface area contributed by atoms with Crippen molar-refractivity contribution in [2.24, 2.45) is 0 Å². The van der Waals surface area contributed by atoms with Gasteiger partial charge in [-0.3, -0.25) is 9.78 Å². The molecule has 2 heterocycles. The summed E-state index contributed by atoms with van der Waals surface area (Å²) in [6.45, 7) is 2.89. The molecule has 1 aromatic heterocycles. The highest BCUT2D eigenvalue weighted by atomic mass is 35.5. The summed E-state index contributed by atoms with van der Waals surface area (Å²) in [4.78, 5) is 16.5. The van der Waals surface area contributed by atoms with Crippen molar-refractivity contribution in [3.8, 4) is 0 Å². The van der Waals surface area contributed by atoms with Gasteiger partial charge in [-0.05, 0) is 49.2 Å². The maximum Gasteiger partial charge on any atom is 0.251 e. The van der Waals surface area contributed by atoms with Crippen LogP contribution in [0.15, 0.2) is 42.6 Å². The molecule has 0 spiro atoms. The van der Waals surface area contributed by atoms with Crippen molar-refractivity contribution in [1.82, 2.24) is 10.3 Å². The van der Waals surface area contributed by atoms with Crippen molar-refractivity contribution >= 4 is 36.4 Å². The minimum atomic E-state index is -0.102. The van der Waals surface area contributed by atoms with E-state index in [0.717, 1.165) is 24.3 Å². The zero-order chi connectivity index (χ0) is 13.9. The second-order valence-corrected chi connectivity index (χ2v) is 5.00. The fourth-order valence-corrected chi connectivity index (χ4v) is 2.43. The average Bonchev–Trinajstić information content (AvgIpc) is 2.95. The van der Waals surface area contributed by atoms with E-state index in [1.165, 1.54) is 5.56 Å². The van der Waals surface area contributed by atoms with E-state index >= 15 is 0 Å². The summed E-state index contributed by atoms with van der Waals surface area (Å²) in [6.07, 6.45) is 2.71. The maximum atomic E-state index is 12.3. The molecule has 22 heavy (non-hydrogen) atoms. The van der Waals surface area contributed by atoms with Gasteiger partial charge < -0.3 is 10.6 Å². The van der Waals surface area contributed by atoms with Crippen LogP contribution in [0.3, 0.4) is 0 Å². The van der Waals surface area contributed by atoms with Gasteiger partial charge >= 0.3 is 0 Å². The van der Waals surface area contributed by atoms with Gasteiger partial charge in [-0.2, -0.15) is 0 Å². The topological polar surface area (TPSA) is 54.0 Å². The highest BCUT2D eigenvalue weighted by molar-refractivity contribution is 5.95. The summed E-state index contributed by atoms with van der Waals surface area (Å²) in [6, 6.07) is 11.4. The van der Waals surface area contributed by atoms with E-state index in [9.17, 15) is 4.79 Å². The number of anilines is 1. The van der Waals surface area contributed by atoms with Crippen LogP contribution in [0.25, 0.3) is 0 Å². The highest BCUT2D eigenvalue weighted by Gasteiger charge is 2.15. The molecule has 1 unspecified atom stereocenters. The fourth-order valence-electron chi connectivity index (χ4n) is 2.43. The zero-order valence-electron chi connectivity index (χ0n) is 12.2. The number of nitrogens with one attached hydrogen (secondary N) is 2. The van der Waals surface area contributed by atoms with Crippen molar-refractivity contribution < 1.29 is 4.79 Å². The van der Waals surface area contributed by atoms with Crippen LogP contribution < -0.4 is 10.6 Å². The standard InChI is InChI=1S/C16H17N3O.2ClH/c1-11(14-4-2-3-8-17-14)19-16(20)13-5-6-15-12(10-13)7-9-18-15;;/h2-6,8,10-11,18H,7,9H2,1H3,(H,19,20);2*1H. The molecule has 3 rings (SSSR count). The molecule has 0 saturated carbocycles. The third kappa shape index (κ3) is 3.90. The Morgan fingerprint density at radius 2 is 2.09 bits per heavy atom. The Bertz CT molecular complexity index is 635. The highest BCUT2D eigenvalue weighted by Crippen LogP contribution is 2.23. The van der Waals surface area contributed by atoms with E-state index in [1.54, 1.807) is 6.20 Å². The lowest BCUT2D eigenvalue weighted by Crippen LogP contribution is -2.27. The molecule has 118 valence electrons. The summed E-state index contributed by atoms with van der Waals surface area (Å²) < 4.78 is 0. The monoisotopic (exact) mass is 339 g/mol. The van der Waals surface area contributed by atoms with Crippen molar-refractivity contribution in [3.05, 3.63) is 59.4 Å². The van der Waals surface area contributed by atoms with E-state index in [-0.39, 0.29) is 36.8 Å². The van der Waals surface area contributed by atoms with E-state index in [1.807, 2.05) is 43.3 Å². The molecule has 1 amide bonds. The average molecular weight is 340 g/mol.